The molecule has 2 rings (SSSR count). The molecule has 22 heavy (non-hydrogen) atoms. The number of hydrogen-bond acceptors (Lipinski definition) is 5. The van der Waals surface area contributed by atoms with Crippen molar-refractivity contribution in [1.29, 1.82) is 0 Å². The average molecular weight is 349 g/mol. The molecule has 6 nitrogen and oxygen atoms in total. The molecule has 1 saturated heterocycles. The van der Waals surface area contributed by atoms with Crippen molar-refractivity contribution in [3.63, 3.8) is 0 Å². The van der Waals surface area contributed by atoms with E-state index in [0.29, 0.717) is 30.8 Å². The molecule has 1 aromatic rings. The second kappa shape index (κ2) is 7.41. The van der Waals surface area contributed by atoms with E-state index in [-0.39, 0.29) is 23.3 Å². The van der Waals surface area contributed by atoms with E-state index in [4.69, 9.17) is 0 Å². The number of rotatable bonds is 3. The lowest BCUT2D eigenvalue weighted by molar-refractivity contribution is 0.0600. The number of halogens is 1. The number of benzene rings is 1. The molecule has 0 radical (unpaired) electrons. The van der Waals surface area contributed by atoms with Crippen LogP contribution in [0.15, 0.2) is 23.1 Å². The first kappa shape index (κ1) is 18.9. The van der Waals surface area contributed by atoms with Gasteiger partial charge in [-0.3, -0.25) is 0 Å². The highest BCUT2D eigenvalue weighted by Crippen LogP contribution is 2.23. The Morgan fingerprint density at radius 1 is 1.41 bits per heavy atom. The normalized spacial score (nSPS) is 19.3. The summed E-state index contributed by atoms with van der Waals surface area (Å²) in [5.41, 5.74) is 0.894. The Balaban J connectivity index is 0.00000242. The first-order chi connectivity index (χ1) is 9.87. The first-order valence-electron chi connectivity index (χ1n) is 6.79. The lowest BCUT2D eigenvalue weighted by Crippen LogP contribution is -2.52. The number of methoxy groups -OCH3 is 1. The summed E-state index contributed by atoms with van der Waals surface area (Å²) in [4.78, 5) is 11.7. The molecule has 0 saturated carbocycles. The minimum absolute atomic E-state index is 0. The second-order valence-electron chi connectivity index (χ2n) is 5.14. The number of sulfonamides is 1. The van der Waals surface area contributed by atoms with Gasteiger partial charge in [-0.2, -0.15) is 4.31 Å². The summed E-state index contributed by atoms with van der Waals surface area (Å²) in [5.74, 6) is -0.474. The van der Waals surface area contributed by atoms with Crippen LogP contribution in [0.25, 0.3) is 0 Å². The van der Waals surface area contributed by atoms with E-state index in [1.807, 2.05) is 6.92 Å². The maximum atomic E-state index is 12.8. The number of nitrogens with zero attached hydrogens (tertiary/aromatic N) is 1. The van der Waals surface area contributed by atoms with E-state index in [1.54, 1.807) is 13.0 Å². The molecule has 124 valence electrons. The molecular weight excluding hydrogens is 328 g/mol. The minimum atomic E-state index is -3.55. The highest BCUT2D eigenvalue weighted by molar-refractivity contribution is 7.89. The Bertz CT molecular complexity index is 648. The van der Waals surface area contributed by atoms with Gasteiger partial charge in [0.25, 0.3) is 0 Å². The van der Waals surface area contributed by atoms with Crippen molar-refractivity contribution < 1.29 is 17.9 Å². The fourth-order valence-electron chi connectivity index (χ4n) is 2.49. The van der Waals surface area contributed by atoms with E-state index < -0.39 is 16.0 Å². The molecule has 1 N–H and O–H groups in total. The first-order valence-corrected chi connectivity index (χ1v) is 8.23. The predicted octanol–water partition coefficient (Wildman–Crippen LogP) is 1.19. The van der Waals surface area contributed by atoms with Crippen molar-refractivity contribution >= 4 is 28.4 Å². The van der Waals surface area contributed by atoms with E-state index in [2.05, 4.69) is 10.1 Å². The maximum Gasteiger partial charge on any atom is 0.337 e. The molecule has 1 aliphatic heterocycles. The third-order valence-electron chi connectivity index (χ3n) is 3.62. The number of piperazine rings is 1. The molecule has 1 atom stereocenters. The Hall–Kier alpha value is -1.15. The van der Waals surface area contributed by atoms with Crippen molar-refractivity contribution in [2.45, 2.75) is 24.8 Å². The molecule has 0 aromatic heterocycles. The van der Waals surface area contributed by atoms with Gasteiger partial charge in [0, 0.05) is 25.7 Å². The Morgan fingerprint density at radius 2 is 2.09 bits per heavy atom. The molecule has 1 heterocycles. The van der Waals surface area contributed by atoms with Gasteiger partial charge in [0.1, 0.15) is 0 Å². The van der Waals surface area contributed by atoms with Gasteiger partial charge >= 0.3 is 5.97 Å². The minimum Gasteiger partial charge on any atom is -0.465 e. The third kappa shape index (κ3) is 3.60. The molecule has 0 aliphatic carbocycles. The van der Waals surface area contributed by atoms with Crippen LogP contribution in [0.3, 0.4) is 0 Å². The zero-order chi connectivity index (χ0) is 15.6. The fraction of sp³-hybridized carbons (Fsp3) is 0.500. The van der Waals surface area contributed by atoms with Crippen molar-refractivity contribution in [2.24, 2.45) is 0 Å². The summed E-state index contributed by atoms with van der Waals surface area (Å²) in [7, 11) is -2.25. The Morgan fingerprint density at radius 3 is 2.64 bits per heavy atom. The summed E-state index contributed by atoms with van der Waals surface area (Å²) in [6.45, 7) is 5.29. The van der Waals surface area contributed by atoms with Gasteiger partial charge in [0.15, 0.2) is 0 Å². The Labute approximate surface area is 137 Å². The van der Waals surface area contributed by atoms with Crippen LogP contribution in [0.2, 0.25) is 0 Å². The molecule has 0 bridgehead atoms. The molecule has 1 unspecified atom stereocenters. The standard InChI is InChI=1S/C14H20N2O4S.ClH/c1-10-8-12(14(17)20-3)4-5-13(10)21(18,19)16-7-6-15-9-11(16)2;/h4-5,8,11,15H,6-7,9H2,1-3H3;1H. The molecule has 1 fully saturated rings. The largest absolute Gasteiger partial charge is 0.465 e. The van der Waals surface area contributed by atoms with Crippen LogP contribution < -0.4 is 5.32 Å². The van der Waals surface area contributed by atoms with E-state index in [0.717, 1.165) is 0 Å². The number of aryl methyl sites for hydroxylation is 1. The van der Waals surface area contributed by atoms with Gasteiger partial charge in [0.05, 0.1) is 17.6 Å². The van der Waals surface area contributed by atoms with Crippen LogP contribution in [0.4, 0.5) is 0 Å². The van der Waals surface area contributed by atoms with Crippen LogP contribution in [-0.4, -0.2) is 51.5 Å². The van der Waals surface area contributed by atoms with Crippen molar-refractivity contribution in [2.75, 3.05) is 26.7 Å². The van der Waals surface area contributed by atoms with E-state index >= 15 is 0 Å². The van der Waals surface area contributed by atoms with Gasteiger partial charge in [-0.25, -0.2) is 13.2 Å². The van der Waals surface area contributed by atoms with E-state index in [1.165, 1.54) is 23.5 Å². The number of carbonyl (C=O) groups excluding carboxylic acids is 1. The zero-order valence-electron chi connectivity index (χ0n) is 12.8. The molecule has 1 aromatic carbocycles. The van der Waals surface area contributed by atoms with Crippen LogP contribution in [0, 0.1) is 6.92 Å². The Kier molecular flexibility index (Phi) is 6.37. The quantitative estimate of drug-likeness (QED) is 0.830. The van der Waals surface area contributed by atoms with E-state index in [9.17, 15) is 13.2 Å². The zero-order valence-corrected chi connectivity index (χ0v) is 14.5. The summed E-state index contributed by atoms with van der Waals surface area (Å²) >= 11 is 0. The average Bonchev–Trinajstić information content (AvgIpc) is 2.46. The van der Waals surface area contributed by atoms with Crippen LogP contribution in [0.1, 0.15) is 22.8 Å². The number of hydrogen-bond donors (Lipinski definition) is 1. The van der Waals surface area contributed by atoms with Gasteiger partial charge in [0.2, 0.25) is 10.0 Å². The molecule has 8 heteroatoms. The molecule has 1 aliphatic rings. The predicted molar refractivity (Wildman–Crippen MR) is 86.0 cm³/mol. The summed E-state index contributed by atoms with van der Waals surface area (Å²) in [6.07, 6.45) is 0. The SMILES string of the molecule is COC(=O)c1ccc(S(=O)(=O)N2CCNCC2C)c(C)c1.Cl. The molecule has 0 amide bonds. The van der Waals surface area contributed by atoms with Crippen LogP contribution >= 0.6 is 12.4 Å². The summed E-state index contributed by atoms with van der Waals surface area (Å²) < 4.78 is 31.6. The lowest BCUT2D eigenvalue weighted by atomic mass is 10.1. The van der Waals surface area contributed by atoms with Gasteiger partial charge in [-0.15, -0.1) is 12.4 Å². The lowest BCUT2D eigenvalue weighted by Gasteiger charge is -2.33. The number of carbonyl (C=O) groups is 1. The van der Waals surface area contributed by atoms with Crippen molar-refractivity contribution in [3.8, 4) is 0 Å². The van der Waals surface area contributed by atoms with Gasteiger partial charge < -0.3 is 10.1 Å². The molecular formula is C14H21ClN2O4S. The third-order valence-corrected chi connectivity index (χ3v) is 5.80. The number of esters is 1. The summed E-state index contributed by atoms with van der Waals surface area (Å²) in [6, 6.07) is 4.42. The maximum absolute atomic E-state index is 12.8. The number of ether oxygens (including phenoxy) is 1. The van der Waals surface area contributed by atoms with Gasteiger partial charge in [-0.1, -0.05) is 0 Å². The van der Waals surface area contributed by atoms with Gasteiger partial charge in [-0.05, 0) is 37.6 Å². The van der Waals surface area contributed by atoms with Crippen LogP contribution in [-0.2, 0) is 14.8 Å². The number of nitrogens with one attached hydrogen (secondary N) is 1. The summed E-state index contributed by atoms with van der Waals surface area (Å²) in [5, 5.41) is 3.17. The van der Waals surface area contributed by atoms with Crippen LogP contribution in [0.5, 0.6) is 0 Å². The second-order valence-corrected chi connectivity index (χ2v) is 7.00. The highest BCUT2D eigenvalue weighted by atomic mass is 35.5. The fourth-order valence-corrected chi connectivity index (χ4v) is 4.33. The topological polar surface area (TPSA) is 75.7 Å². The van der Waals surface area contributed by atoms with Crippen molar-refractivity contribution in [3.05, 3.63) is 29.3 Å². The smallest absolute Gasteiger partial charge is 0.337 e. The highest BCUT2D eigenvalue weighted by Gasteiger charge is 2.32. The molecule has 0 spiro atoms. The van der Waals surface area contributed by atoms with Crippen molar-refractivity contribution in [1.82, 2.24) is 9.62 Å². The monoisotopic (exact) mass is 348 g/mol.